The lowest BCUT2D eigenvalue weighted by Gasteiger charge is -2.32. The third kappa shape index (κ3) is 3.55. The van der Waals surface area contributed by atoms with E-state index in [0.29, 0.717) is 12.1 Å². The van der Waals surface area contributed by atoms with Crippen molar-refractivity contribution in [1.82, 2.24) is 10.2 Å². The zero-order chi connectivity index (χ0) is 14.5. The third-order valence-electron chi connectivity index (χ3n) is 3.90. The predicted molar refractivity (Wildman–Crippen MR) is 74.6 cm³/mol. The van der Waals surface area contributed by atoms with Crippen LogP contribution < -0.4 is 5.32 Å². The van der Waals surface area contributed by atoms with Gasteiger partial charge in [0.1, 0.15) is 5.82 Å². The van der Waals surface area contributed by atoms with Gasteiger partial charge in [-0.05, 0) is 32.0 Å². The van der Waals surface area contributed by atoms with Gasteiger partial charge in [-0.2, -0.15) is 0 Å². The Morgan fingerprint density at radius 1 is 1.45 bits per heavy atom. The van der Waals surface area contributed by atoms with E-state index in [1.807, 2.05) is 0 Å². The first-order valence-electron chi connectivity index (χ1n) is 6.98. The van der Waals surface area contributed by atoms with E-state index in [4.69, 9.17) is 0 Å². The molecule has 1 aromatic carbocycles. The molecule has 4 nitrogen and oxygen atoms in total. The molecular formula is C15H21FN2O2. The summed E-state index contributed by atoms with van der Waals surface area (Å²) in [5.74, 6) is -0.235. The first-order valence-corrected chi connectivity index (χ1v) is 6.98. The summed E-state index contributed by atoms with van der Waals surface area (Å²) in [6, 6.07) is 6.30. The van der Waals surface area contributed by atoms with Crippen LogP contribution in [0.25, 0.3) is 0 Å². The molecule has 1 fully saturated rings. The van der Waals surface area contributed by atoms with Crippen molar-refractivity contribution in [3.05, 3.63) is 35.6 Å². The van der Waals surface area contributed by atoms with Crippen LogP contribution in [0, 0.1) is 11.7 Å². The molecule has 0 saturated carbocycles. The van der Waals surface area contributed by atoms with Crippen LogP contribution in [0.4, 0.5) is 4.39 Å². The molecule has 1 unspecified atom stereocenters. The number of β-amino-alcohol motifs (C(OH)–C–C–N with tert-alkyl or cyclic N) is 1. The van der Waals surface area contributed by atoms with Crippen LogP contribution in [0.2, 0.25) is 0 Å². The molecule has 1 heterocycles. The average Bonchev–Trinajstić information content (AvgIpc) is 2.47. The summed E-state index contributed by atoms with van der Waals surface area (Å²) in [7, 11) is 1.65. The van der Waals surface area contributed by atoms with Gasteiger partial charge in [-0.15, -0.1) is 0 Å². The van der Waals surface area contributed by atoms with Crippen molar-refractivity contribution in [1.29, 1.82) is 0 Å². The molecule has 1 aliphatic rings. The second-order valence-electron chi connectivity index (χ2n) is 5.23. The fraction of sp³-hybridized carbons (Fsp3) is 0.533. The highest BCUT2D eigenvalue weighted by atomic mass is 19.1. The summed E-state index contributed by atoms with van der Waals surface area (Å²) in [6.07, 6.45) is 0.737. The van der Waals surface area contributed by atoms with Crippen molar-refractivity contribution in [3.8, 4) is 0 Å². The fourth-order valence-electron chi connectivity index (χ4n) is 2.67. The quantitative estimate of drug-likeness (QED) is 0.874. The predicted octanol–water partition coefficient (Wildman–Crippen LogP) is 1.32. The standard InChI is InChI=1S/C15H21FN2O2/c1-17-15(20)11-6-8-18(9-7-11)10-14(19)12-4-2-3-5-13(12)16/h2-5,11,14,19H,6-10H2,1H3,(H,17,20). The normalized spacial score (nSPS) is 18.8. The molecule has 0 spiro atoms. The molecule has 1 atom stereocenters. The number of aliphatic hydroxyl groups is 1. The molecule has 0 bridgehead atoms. The molecular weight excluding hydrogens is 259 g/mol. The number of amides is 1. The van der Waals surface area contributed by atoms with Gasteiger partial charge >= 0.3 is 0 Å². The molecule has 0 radical (unpaired) electrons. The van der Waals surface area contributed by atoms with E-state index in [2.05, 4.69) is 10.2 Å². The van der Waals surface area contributed by atoms with E-state index in [9.17, 15) is 14.3 Å². The highest BCUT2D eigenvalue weighted by Crippen LogP contribution is 2.22. The SMILES string of the molecule is CNC(=O)C1CCN(CC(O)c2ccccc2F)CC1. The van der Waals surface area contributed by atoms with Crippen molar-refractivity contribution >= 4 is 5.91 Å². The van der Waals surface area contributed by atoms with Crippen LogP contribution in [0.3, 0.4) is 0 Å². The van der Waals surface area contributed by atoms with E-state index in [0.717, 1.165) is 25.9 Å². The van der Waals surface area contributed by atoms with Gasteiger partial charge in [0, 0.05) is 25.1 Å². The topological polar surface area (TPSA) is 52.6 Å². The first-order chi connectivity index (χ1) is 9.61. The number of piperidine rings is 1. The Morgan fingerprint density at radius 3 is 2.70 bits per heavy atom. The van der Waals surface area contributed by atoms with Crippen molar-refractivity contribution in [3.63, 3.8) is 0 Å². The number of nitrogens with one attached hydrogen (secondary N) is 1. The summed E-state index contributed by atoms with van der Waals surface area (Å²) < 4.78 is 13.6. The van der Waals surface area contributed by atoms with Crippen LogP contribution in [0.1, 0.15) is 24.5 Å². The molecule has 20 heavy (non-hydrogen) atoms. The van der Waals surface area contributed by atoms with Gasteiger partial charge in [-0.3, -0.25) is 4.79 Å². The zero-order valence-electron chi connectivity index (χ0n) is 11.7. The van der Waals surface area contributed by atoms with E-state index in [-0.39, 0.29) is 17.6 Å². The van der Waals surface area contributed by atoms with Crippen molar-refractivity contribution in [2.45, 2.75) is 18.9 Å². The molecule has 1 aliphatic heterocycles. The Bertz CT molecular complexity index is 459. The van der Waals surface area contributed by atoms with Gasteiger partial charge in [-0.25, -0.2) is 4.39 Å². The lowest BCUT2D eigenvalue weighted by Crippen LogP contribution is -2.41. The fourth-order valence-corrected chi connectivity index (χ4v) is 2.67. The molecule has 0 aliphatic carbocycles. The molecule has 2 rings (SSSR count). The number of aliphatic hydroxyl groups excluding tert-OH is 1. The second-order valence-corrected chi connectivity index (χ2v) is 5.23. The van der Waals surface area contributed by atoms with E-state index in [1.54, 1.807) is 25.2 Å². The number of hydrogen-bond acceptors (Lipinski definition) is 3. The maximum atomic E-state index is 13.6. The maximum absolute atomic E-state index is 13.6. The third-order valence-corrected chi connectivity index (χ3v) is 3.90. The molecule has 1 aromatic rings. The zero-order valence-corrected chi connectivity index (χ0v) is 11.7. The number of hydrogen-bond donors (Lipinski definition) is 2. The minimum Gasteiger partial charge on any atom is -0.387 e. The lowest BCUT2D eigenvalue weighted by molar-refractivity contribution is -0.126. The van der Waals surface area contributed by atoms with Crippen LogP contribution >= 0.6 is 0 Å². The van der Waals surface area contributed by atoms with Crippen molar-refractivity contribution < 1.29 is 14.3 Å². The number of benzene rings is 1. The van der Waals surface area contributed by atoms with Crippen LogP contribution in [-0.2, 0) is 4.79 Å². The van der Waals surface area contributed by atoms with Gasteiger partial charge < -0.3 is 15.3 Å². The van der Waals surface area contributed by atoms with Gasteiger partial charge in [0.25, 0.3) is 0 Å². The molecule has 5 heteroatoms. The lowest BCUT2D eigenvalue weighted by atomic mass is 9.95. The molecule has 2 N–H and O–H groups in total. The van der Waals surface area contributed by atoms with E-state index in [1.165, 1.54) is 6.07 Å². The summed E-state index contributed by atoms with van der Waals surface area (Å²) in [5.41, 5.74) is 0.334. The second kappa shape index (κ2) is 6.81. The van der Waals surface area contributed by atoms with Crippen LogP contribution in [0.15, 0.2) is 24.3 Å². The number of carbonyl (C=O) groups is 1. The smallest absolute Gasteiger partial charge is 0.222 e. The van der Waals surface area contributed by atoms with Crippen molar-refractivity contribution in [2.24, 2.45) is 5.92 Å². The average molecular weight is 280 g/mol. The summed E-state index contributed by atoms with van der Waals surface area (Å²) in [6.45, 7) is 1.91. The largest absolute Gasteiger partial charge is 0.387 e. The van der Waals surface area contributed by atoms with Crippen molar-refractivity contribution in [2.75, 3.05) is 26.7 Å². The highest BCUT2D eigenvalue weighted by Gasteiger charge is 2.25. The van der Waals surface area contributed by atoms with E-state index >= 15 is 0 Å². The molecule has 110 valence electrons. The van der Waals surface area contributed by atoms with Gasteiger partial charge in [-0.1, -0.05) is 18.2 Å². The van der Waals surface area contributed by atoms with Gasteiger partial charge in [0.2, 0.25) is 5.91 Å². The Kier molecular flexibility index (Phi) is 5.09. The Morgan fingerprint density at radius 2 is 2.10 bits per heavy atom. The minimum atomic E-state index is -0.826. The monoisotopic (exact) mass is 280 g/mol. The van der Waals surface area contributed by atoms with Crippen LogP contribution in [-0.4, -0.2) is 42.6 Å². The van der Waals surface area contributed by atoms with Gasteiger partial charge in [0.05, 0.1) is 6.10 Å². The number of carbonyl (C=O) groups excluding carboxylic acids is 1. The summed E-state index contributed by atoms with van der Waals surface area (Å²) in [4.78, 5) is 13.6. The Labute approximate surface area is 118 Å². The number of rotatable bonds is 4. The molecule has 1 saturated heterocycles. The first kappa shape index (κ1) is 14.9. The highest BCUT2D eigenvalue weighted by molar-refractivity contribution is 5.78. The van der Waals surface area contributed by atoms with Gasteiger partial charge in [0.15, 0.2) is 0 Å². The summed E-state index contributed by atoms with van der Waals surface area (Å²) in [5, 5.41) is 12.8. The summed E-state index contributed by atoms with van der Waals surface area (Å²) >= 11 is 0. The van der Waals surface area contributed by atoms with Crippen LogP contribution in [0.5, 0.6) is 0 Å². The maximum Gasteiger partial charge on any atom is 0.222 e. The number of likely N-dealkylation sites (tertiary alicyclic amines) is 1. The Balaban J connectivity index is 1.87. The van der Waals surface area contributed by atoms with E-state index < -0.39 is 6.10 Å². The molecule has 1 amide bonds. The minimum absolute atomic E-state index is 0.0573. The number of nitrogens with zero attached hydrogens (tertiary/aromatic N) is 1. The Hall–Kier alpha value is -1.46. The molecule has 0 aromatic heterocycles. The number of halogens is 1.